The van der Waals surface area contributed by atoms with Crippen LogP contribution in [0.25, 0.3) is 0 Å². The van der Waals surface area contributed by atoms with Crippen molar-refractivity contribution in [1.82, 2.24) is 10.5 Å². The molecule has 0 aliphatic heterocycles. The first-order valence-corrected chi connectivity index (χ1v) is 8.57. The molecule has 4 bridgehead atoms. The molecule has 6 heteroatoms. The van der Waals surface area contributed by atoms with E-state index in [0.29, 0.717) is 23.2 Å². The van der Waals surface area contributed by atoms with Crippen molar-refractivity contribution in [3.8, 4) is 0 Å². The van der Waals surface area contributed by atoms with Gasteiger partial charge in [-0.2, -0.15) is 0 Å². The van der Waals surface area contributed by atoms with E-state index in [1.165, 1.54) is 6.42 Å². The minimum absolute atomic E-state index is 0.123. The smallest absolute Gasteiger partial charge is 0.273 e. The molecule has 0 aromatic carbocycles. The number of hydrogen-bond donors (Lipinski definition) is 3. The number of nitrogens with one attached hydrogen (secondary N) is 1. The SMILES string of the molecule is Cc1onc(C(=O)NCC2(O)C3CC4CC(C3)CC2C4)c1CO. The third-order valence-electron chi connectivity index (χ3n) is 6.44. The van der Waals surface area contributed by atoms with Crippen LogP contribution in [0.15, 0.2) is 4.52 Å². The van der Waals surface area contributed by atoms with E-state index in [1.807, 2.05) is 0 Å². The summed E-state index contributed by atoms with van der Waals surface area (Å²) in [5.74, 6) is 2.21. The minimum Gasteiger partial charge on any atom is -0.391 e. The van der Waals surface area contributed by atoms with Crippen LogP contribution in [-0.2, 0) is 6.61 Å². The zero-order valence-electron chi connectivity index (χ0n) is 13.4. The number of rotatable bonds is 4. The molecule has 0 saturated heterocycles. The second-order valence-electron chi connectivity index (χ2n) is 7.70. The van der Waals surface area contributed by atoms with Crippen molar-refractivity contribution >= 4 is 5.91 Å². The van der Waals surface area contributed by atoms with Crippen LogP contribution >= 0.6 is 0 Å². The number of nitrogens with zero attached hydrogens (tertiary/aromatic N) is 1. The van der Waals surface area contributed by atoms with Crippen LogP contribution < -0.4 is 5.32 Å². The molecule has 5 rings (SSSR count). The van der Waals surface area contributed by atoms with Crippen LogP contribution in [0.2, 0.25) is 0 Å². The molecule has 1 aromatic rings. The topological polar surface area (TPSA) is 95.6 Å². The van der Waals surface area contributed by atoms with Gasteiger partial charge in [0, 0.05) is 6.54 Å². The maximum atomic E-state index is 12.4. The van der Waals surface area contributed by atoms with E-state index in [-0.39, 0.29) is 24.8 Å². The van der Waals surface area contributed by atoms with Crippen LogP contribution in [0, 0.1) is 30.6 Å². The molecule has 0 atom stereocenters. The molecule has 4 saturated carbocycles. The Morgan fingerprint density at radius 3 is 2.43 bits per heavy atom. The number of aromatic nitrogens is 1. The third-order valence-corrected chi connectivity index (χ3v) is 6.44. The van der Waals surface area contributed by atoms with E-state index in [2.05, 4.69) is 10.5 Å². The summed E-state index contributed by atoms with van der Waals surface area (Å²) in [6.45, 7) is 1.65. The summed E-state index contributed by atoms with van der Waals surface area (Å²) in [5, 5.41) is 27.1. The molecule has 0 spiro atoms. The standard InChI is InChI=1S/C17H24N2O4/c1-9-14(7-20)15(19-23-9)16(21)18-8-17(22)12-3-10-2-11(5-12)6-13(17)4-10/h10-13,20,22H,2-8H2,1H3,(H,18,21). The van der Waals surface area contributed by atoms with Gasteiger partial charge < -0.3 is 20.1 Å². The van der Waals surface area contributed by atoms with E-state index < -0.39 is 5.60 Å². The Morgan fingerprint density at radius 1 is 1.26 bits per heavy atom. The molecule has 6 nitrogen and oxygen atoms in total. The summed E-state index contributed by atoms with van der Waals surface area (Å²) in [7, 11) is 0. The van der Waals surface area contributed by atoms with Gasteiger partial charge in [0.2, 0.25) is 0 Å². The Labute approximate surface area is 135 Å². The zero-order valence-corrected chi connectivity index (χ0v) is 13.4. The van der Waals surface area contributed by atoms with Gasteiger partial charge >= 0.3 is 0 Å². The predicted molar refractivity (Wildman–Crippen MR) is 81.5 cm³/mol. The lowest BCUT2D eigenvalue weighted by Crippen LogP contribution is -2.62. The van der Waals surface area contributed by atoms with E-state index in [0.717, 1.165) is 37.5 Å². The summed E-state index contributed by atoms with van der Waals surface area (Å²) in [5.41, 5.74) is -0.252. The molecule has 1 aromatic heterocycles. The fraction of sp³-hybridized carbons (Fsp3) is 0.765. The fourth-order valence-corrected chi connectivity index (χ4v) is 5.35. The molecule has 0 unspecified atom stereocenters. The summed E-state index contributed by atoms with van der Waals surface area (Å²) in [4.78, 5) is 12.4. The first kappa shape index (κ1) is 15.1. The average molecular weight is 320 g/mol. The Kier molecular flexibility index (Phi) is 3.50. The molecular weight excluding hydrogens is 296 g/mol. The van der Waals surface area contributed by atoms with Crippen LogP contribution in [-0.4, -0.2) is 33.4 Å². The molecule has 4 fully saturated rings. The number of carbonyl (C=O) groups excluding carboxylic acids is 1. The highest BCUT2D eigenvalue weighted by atomic mass is 16.5. The van der Waals surface area contributed by atoms with Gasteiger partial charge in [-0.3, -0.25) is 4.79 Å². The quantitative estimate of drug-likeness (QED) is 0.779. The van der Waals surface area contributed by atoms with Gasteiger partial charge in [-0.25, -0.2) is 0 Å². The van der Waals surface area contributed by atoms with Gasteiger partial charge in [-0.15, -0.1) is 0 Å². The van der Waals surface area contributed by atoms with E-state index in [4.69, 9.17) is 4.52 Å². The fourth-order valence-electron chi connectivity index (χ4n) is 5.35. The van der Waals surface area contributed by atoms with Gasteiger partial charge in [0.05, 0.1) is 17.8 Å². The Bertz CT molecular complexity index is 596. The van der Waals surface area contributed by atoms with Crippen molar-refractivity contribution in [2.75, 3.05) is 6.54 Å². The third kappa shape index (κ3) is 2.31. The average Bonchev–Trinajstić information content (AvgIpc) is 2.90. The van der Waals surface area contributed by atoms with Gasteiger partial charge in [0.15, 0.2) is 5.69 Å². The van der Waals surface area contributed by atoms with Gasteiger partial charge in [-0.1, -0.05) is 5.16 Å². The number of aliphatic hydroxyl groups is 2. The lowest BCUT2D eigenvalue weighted by Gasteiger charge is -2.58. The highest BCUT2D eigenvalue weighted by Crippen LogP contribution is 2.58. The number of aryl methyl sites for hydroxylation is 1. The molecule has 1 amide bonds. The van der Waals surface area contributed by atoms with Crippen molar-refractivity contribution in [2.45, 2.75) is 51.2 Å². The highest BCUT2D eigenvalue weighted by molar-refractivity contribution is 5.93. The number of carbonyl (C=O) groups is 1. The first-order chi connectivity index (χ1) is 11.0. The van der Waals surface area contributed by atoms with Crippen LogP contribution in [0.3, 0.4) is 0 Å². The normalized spacial score (nSPS) is 38.0. The summed E-state index contributed by atoms with van der Waals surface area (Å²) in [6.07, 6.45) is 5.68. The molecule has 0 radical (unpaired) electrons. The van der Waals surface area contributed by atoms with Crippen LogP contribution in [0.5, 0.6) is 0 Å². The van der Waals surface area contributed by atoms with Crippen molar-refractivity contribution in [3.63, 3.8) is 0 Å². The highest BCUT2D eigenvalue weighted by Gasteiger charge is 2.56. The molecule has 4 aliphatic carbocycles. The largest absolute Gasteiger partial charge is 0.391 e. The molecule has 1 heterocycles. The predicted octanol–water partition coefficient (Wildman–Crippen LogP) is 1.39. The monoisotopic (exact) mass is 320 g/mol. The molecule has 23 heavy (non-hydrogen) atoms. The van der Waals surface area contributed by atoms with Crippen molar-refractivity contribution in [2.24, 2.45) is 23.7 Å². The Balaban J connectivity index is 1.47. The Hall–Kier alpha value is -1.40. The number of aliphatic hydroxyl groups excluding tert-OH is 1. The van der Waals surface area contributed by atoms with Crippen molar-refractivity contribution in [1.29, 1.82) is 0 Å². The van der Waals surface area contributed by atoms with Gasteiger partial charge in [-0.05, 0) is 62.7 Å². The number of hydrogen-bond acceptors (Lipinski definition) is 5. The van der Waals surface area contributed by atoms with E-state index >= 15 is 0 Å². The lowest BCUT2D eigenvalue weighted by atomic mass is 9.50. The minimum atomic E-state index is -0.790. The van der Waals surface area contributed by atoms with E-state index in [9.17, 15) is 15.0 Å². The molecule has 126 valence electrons. The molecule has 4 aliphatic rings. The van der Waals surface area contributed by atoms with Gasteiger partial charge in [0.1, 0.15) is 5.76 Å². The van der Waals surface area contributed by atoms with Gasteiger partial charge in [0.25, 0.3) is 5.91 Å². The van der Waals surface area contributed by atoms with Crippen LogP contribution in [0.1, 0.15) is 53.9 Å². The molecule has 3 N–H and O–H groups in total. The lowest BCUT2D eigenvalue weighted by molar-refractivity contribution is -0.168. The second-order valence-corrected chi connectivity index (χ2v) is 7.70. The summed E-state index contributed by atoms with van der Waals surface area (Å²) >= 11 is 0. The summed E-state index contributed by atoms with van der Waals surface area (Å²) in [6, 6.07) is 0. The number of amides is 1. The maximum Gasteiger partial charge on any atom is 0.273 e. The van der Waals surface area contributed by atoms with Crippen LogP contribution in [0.4, 0.5) is 0 Å². The Morgan fingerprint density at radius 2 is 1.87 bits per heavy atom. The summed E-state index contributed by atoms with van der Waals surface area (Å²) < 4.78 is 4.99. The molecular formula is C17H24N2O4. The van der Waals surface area contributed by atoms with Crippen molar-refractivity contribution < 1.29 is 19.5 Å². The maximum absolute atomic E-state index is 12.4. The zero-order chi connectivity index (χ0) is 16.2. The second kappa shape index (κ2) is 5.31. The van der Waals surface area contributed by atoms with E-state index in [1.54, 1.807) is 6.92 Å². The first-order valence-electron chi connectivity index (χ1n) is 8.57. The van der Waals surface area contributed by atoms with Crippen molar-refractivity contribution in [3.05, 3.63) is 17.0 Å².